The molecule has 0 aliphatic carbocycles. The first kappa shape index (κ1) is 19.2. The number of hydrogen-bond donors (Lipinski definition) is 0. The van der Waals surface area contributed by atoms with Crippen molar-refractivity contribution >= 4 is 5.91 Å². The van der Waals surface area contributed by atoms with Gasteiger partial charge in [0.25, 0.3) is 5.91 Å². The van der Waals surface area contributed by atoms with Crippen LogP contribution in [0.3, 0.4) is 0 Å². The molecule has 6 nitrogen and oxygen atoms in total. The minimum atomic E-state index is -0.992. The minimum Gasteiger partial charge on any atom is -0.355 e. The molecule has 1 atom stereocenters. The number of rotatable bonds is 3. The van der Waals surface area contributed by atoms with E-state index in [9.17, 15) is 13.6 Å². The van der Waals surface area contributed by atoms with Crippen LogP contribution in [0.4, 0.5) is 8.78 Å². The highest BCUT2D eigenvalue weighted by Crippen LogP contribution is 2.34. The second-order valence-corrected chi connectivity index (χ2v) is 7.59. The van der Waals surface area contributed by atoms with Crippen LogP contribution in [0.25, 0.3) is 11.3 Å². The van der Waals surface area contributed by atoms with Gasteiger partial charge >= 0.3 is 0 Å². The molecule has 0 fully saturated rings. The number of carbonyl (C=O) groups is 1. The van der Waals surface area contributed by atoms with Crippen molar-refractivity contribution < 1.29 is 18.1 Å². The predicted molar refractivity (Wildman–Crippen MR) is 108 cm³/mol. The molecular weight excluding hydrogens is 402 g/mol. The third-order valence-electron chi connectivity index (χ3n) is 5.54. The molecule has 3 heterocycles. The summed E-state index contributed by atoms with van der Waals surface area (Å²) in [6, 6.07) is 12.9. The molecule has 0 saturated carbocycles. The van der Waals surface area contributed by atoms with Crippen molar-refractivity contribution in [2.45, 2.75) is 12.5 Å². The number of hydrogen-bond acceptors (Lipinski definition) is 4. The number of aryl methyl sites for hydroxylation is 1. The highest BCUT2D eigenvalue weighted by Gasteiger charge is 2.31. The summed E-state index contributed by atoms with van der Waals surface area (Å²) in [5.41, 5.74) is 3.67. The summed E-state index contributed by atoms with van der Waals surface area (Å²) in [5.74, 6) is -2.05. The highest BCUT2D eigenvalue weighted by atomic mass is 19.2. The van der Waals surface area contributed by atoms with Crippen LogP contribution in [0.15, 0.2) is 65.4 Å². The zero-order valence-corrected chi connectivity index (χ0v) is 16.6. The van der Waals surface area contributed by atoms with Crippen molar-refractivity contribution in [1.29, 1.82) is 0 Å². The lowest BCUT2D eigenvalue weighted by Crippen LogP contribution is -2.38. The molecule has 2 aromatic carbocycles. The van der Waals surface area contributed by atoms with E-state index in [-0.39, 0.29) is 23.3 Å². The largest absolute Gasteiger partial charge is 0.355 e. The Balaban J connectivity index is 1.44. The van der Waals surface area contributed by atoms with E-state index in [1.165, 1.54) is 17.7 Å². The third-order valence-corrected chi connectivity index (χ3v) is 5.54. The van der Waals surface area contributed by atoms with Gasteiger partial charge in [-0.25, -0.2) is 8.78 Å². The monoisotopic (exact) mass is 420 g/mol. The number of fused-ring (bicyclic) bond motifs is 1. The molecule has 0 saturated heterocycles. The molecule has 0 bridgehead atoms. The first-order valence-corrected chi connectivity index (χ1v) is 9.77. The van der Waals surface area contributed by atoms with Crippen LogP contribution < -0.4 is 0 Å². The summed E-state index contributed by atoms with van der Waals surface area (Å²) in [6.45, 7) is 0.911. The molecule has 31 heavy (non-hydrogen) atoms. The number of halogens is 2. The van der Waals surface area contributed by atoms with Crippen LogP contribution in [0.2, 0.25) is 0 Å². The Labute approximate surface area is 176 Å². The maximum Gasteiger partial charge on any atom is 0.276 e. The standard InChI is InChI=1S/C23H18F2N4O2/c1-28-11-16(10-26-28)18-13-29(12-15-4-2-3-5-17(15)18)23(30)21-9-22(31-27-21)14-6-7-19(24)20(25)8-14/h2-11,18H,12-13H2,1H3. The van der Waals surface area contributed by atoms with Gasteiger partial charge < -0.3 is 9.42 Å². The summed E-state index contributed by atoms with van der Waals surface area (Å²) in [6.07, 6.45) is 3.76. The molecule has 1 unspecified atom stereocenters. The fraction of sp³-hybridized carbons (Fsp3) is 0.174. The van der Waals surface area contributed by atoms with Crippen LogP contribution in [0.1, 0.15) is 33.1 Å². The van der Waals surface area contributed by atoms with Gasteiger partial charge in [0.1, 0.15) is 0 Å². The SMILES string of the molecule is Cn1cc(C2CN(C(=O)c3cc(-c4ccc(F)c(F)c4)on3)Cc3ccccc32)cn1. The van der Waals surface area contributed by atoms with Gasteiger partial charge in [0, 0.05) is 43.9 Å². The molecule has 1 amide bonds. The van der Waals surface area contributed by atoms with E-state index < -0.39 is 11.6 Å². The van der Waals surface area contributed by atoms with Crippen LogP contribution >= 0.6 is 0 Å². The van der Waals surface area contributed by atoms with E-state index in [1.54, 1.807) is 9.58 Å². The fourth-order valence-corrected chi connectivity index (χ4v) is 3.99. The van der Waals surface area contributed by atoms with Gasteiger partial charge in [-0.15, -0.1) is 0 Å². The van der Waals surface area contributed by atoms with Gasteiger partial charge in [-0.3, -0.25) is 9.48 Å². The lowest BCUT2D eigenvalue weighted by molar-refractivity contribution is 0.0714. The van der Waals surface area contributed by atoms with Crippen LogP contribution in [-0.4, -0.2) is 32.3 Å². The smallest absolute Gasteiger partial charge is 0.276 e. The Kier molecular flexibility index (Phi) is 4.62. The first-order valence-electron chi connectivity index (χ1n) is 9.77. The third kappa shape index (κ3) is 3.50. The number of carbonyl (C=O) groups excluding carboxylic acids is 1. The molecule has 0 spiro atoms. The quantitative estimate of drug-likeness (QED) is 0.500. The van der Waals surface area contributed by atoms with Gasteiger partial charge in [0.05, 0.1) is 6.20 Å². The average Bonchev–Trinajstić information content (AvgIpc) is 3.44. The van der Waals surface area contributed by atoms with Gasteiger partial charge in [0.2, 0.25) is 0 Å². The summed E-state index contributed by atoms with van der Waals surface area (Å²) in [5, 5.41) is 8.15. The molecule has 0 radical (unpaired) electrons. The number of nitrogens with zero attached hydrogens (tertiary/aromatic N) is 4. The summed E-state index contributed by atoms with van der Waals surface area (Å²) >= 11 is 0. The van der Waals surface area contributed by atoms with E-state index in [2.05, 4.69) is 16.3 Å². The maximum absolute atomic E-state index is 13.5. The second-order valence-electron chi connectivity index (χ2n) is 7.59. The lowest BCUT2D eigenvalue weighted by Gasteiger charge is -2.34. The van der Waals surface area contributed by atoms with Crippen molar-refractivity contribution in [2.75, 3.05) is 6.54 Å². The first-order chi connectivity index (χ1) is 15.0. The van der Waals surface area contributed by atoms with E-state index in [4.69, 9.17) is 4.52 Å². The second kappa shape index (κ2) is 7.46. The fourth-order valence-electron chi connectivity index (χ4n) is 3.99. The molecule has 2 aromatic heterocycles. The van der Waals surface area contributed by atoms with E-state index in [0.29, 0.717) is 18.7 Å². The van der Waals surface area contributed by atoms with Crippen molar-refractivity contribution in [1.82, 2.24) is 19.8 Å². The number of amides is 1. The molecule has 4 aromatic rings. The molecule has 156 valence electrons. The van der Waals surface area contributed by atoms with E-state index >= 15 is 0 Å². The van der Waals surface area contributed by atoms with Gasteiger partial charge in [-0.2, -0.15) is 5.10 Å². The average molecular weight is 420 g/mol. The topological polar surface area (TPSA) is 64.2 Å². The number of benzene rings is 2. The summed E-state index contributed by atoms with van der Waals surface area (Å²) in [7, 11) is 1.86. The normalized spacial score (nSPS) is 15.7. The Morgan fingerprint density at radius 2 is 1.97 bits per heavy atom. The summed E-state index contributed by atoms with van der Waals surface area (Å²) in [4.78, 5) is 14.9. The number of aromatic nitrogens is 3. The van der Waals surface area contributed by atoms with E-state index in [0.717, 1.165) is 23.3 Å². The van der Waals surface area contributed by atoms with Crippen molar-refractivity contribution in [3.05, 3.63) is 94.9 Å². The van der Waals surface area contributed by atoms with Gasteiger partial charge in [0.15, 0.2) is 23.1 Å². The molecular formula is C23H18F2N4O2. The minimum absolute atomic E-state index is 0.0137. The van der Waals surface area contributed by atoms with Crippen molar-refractivity contribution in [2.24, 2.45) is 7.05 Å². The van der Waals surface area contributed by atoms with Crippen molar-refractivity contribution in [3.8, 4) is 11.3 Å². The van der Waals surface area contributed by atoms with Gasteiger partial charge in [-0.1, -0.05) is 29.4 Å². The highest BCUT2D eigenvalue weighted by molar-refractivity contribution is 5.93. The van der Waals surface area contributed by atoms with Gasteiger partial charge in [-0.05, 0) is 34.9 Å². The molecule has 1 aliphatic heterocycles. The molecule has 5 rings (SSSR count). The maximum atomic E-state index is 13.5. The summed E-state index contributed by atoms with van der Waals surface area (Å²) < 4.78 is 33.7. The van der Waals surface area contributed by atoms with Crippen LogP contribution in [-0.2, 0) is 13.6 Å². The predicted octanol–water partition coefficient (Wildman–Crippen LogP) is 4.14. The Bertz CT molecular complexity index is 1280. The Morgan fingerprint density at radius 3 is 2.74 bits per heavy atom. The Hall–Kier alpha value is -3.81. The van der Waals surface area contributed by atoms with Crippen LogP contribution in [0, 0.1) is 11.6 Å². The zero-order valence-electron chi connectivity index (χ0n) is 16.6. The lowest BCUT2D eigenvalue weighted by atomic mass is 9.86. The molecule has 1 aliphatic rings. The Morgan fingerprint density at radius 1 is 1.13 bits per heavy atom. The van der Waals surface area contributed by atoms with Crippen LogP contribution in [0.5, 0.6) is 0 Å². The zero-order chi connectivity index (χ0) is 21.5. The molecule has 8 heteroatoms. The molecule has 0 N–H and O–H groups in total. The van der Waals surface area contributed by atoms with E-state index in [1.807, 2.05) is 37.6 Å². The van der Waals surface area contributed by atoms with Crippen molar-refractivity contribution in [3.63, 3.8) is 0 Å².